The number of nitrogens with zero attached hydrogens (tertiary/aromatic N) is 2. The number of nitrogens with one attached hydrogen (secondary N) is 1. The molecule has 2 aliphatic rings. The molecule has 2 unspecified atom stereocenters. The zero-order chi connectivity index (χ0) is 22.5. The minimum Gasteiger partial charge on any atom is -0.352 e. The molecule has 0 spiro atoms. The smallest absolute Gasteiger partial charge is 0.279 e. The van der Waals surface area contributed by atoms with Gasteiger partial charge < -0.3 is 14.7 Å². The molecule has 168 valence electrons. The lowest BCUT2D eigenvalue weighted by Crippen LogP contribution is -2.62. The average Bonchev–Trinajstić information content (AvgIpc) is 3.40. The molecule has 0 bridgehead atoms. The monoisotopic (exact) mass is 429 g/mol. The van der Waals surface area contributed by atoms with Crippen molar-refractivity contribution < 1.29 is 18.5 Å². The number of rotatable bonds is 3. The van der Waals surface area contributed by atoms with Crippen LogP contribution in [0.2, 0.25) is 0 Å². The van der Waals surface area contributed by atoms with Crippen LogP contribution in [0.15, 0.2) is 34.9 Å². The SMILES string of the molecule is CC(C)C.CC1C(=O)NC(C2CCCC2)CN1C(=O)c1noc(-c2ccccc2)c1F. The molecule has 1 N–H and O–H groups in total. The normalized spacial score (nSPS) is 21.6. The Morgan fingerprint density at radius 2 is 1.81 bits per heavy atom. The number of piperazine rings is 1. The van der Waals surface area contributed by atoms with Crippen molar-refractivity contribution in [3.63, 3.8) is 0 Å². The summed E-state index contributed by atoms with van der Waals surface area (Å²) in [6, 6.07) is 7.91. The van der Waals surface area contributed by atoms with Crippen molar-refractivity contribution in [3.05, 3.63) is 41.8 Å². The van der Waals surface area contributed by atoms with Gasteiger partial charge in [-0.2, -0.15) is 4.39 Å². The summed E-state index contributed by atoms with van der Waals surface area (Å²) in [5, 5.41) is 6.70. The molecule has 1 aromatic carbocycles. The molecule has 1 aliphatic heterocycles. The van der Waals surface area contributed by atoms with Gasteiger partial charge in [0.2, 0.25) is 23.2 Å². The molecular formula is C24H32FN3O3. The van der Waals surface area contributed by atoms with Gasteiger partial charge in [-0.15, -0.1) is 0 Å². The maximum absolute atomic E-state index is 14.8. The van der Waals surface area contributed by atoms with Gasteiger partial charge in [0.05, 0.1) is 0 Å². The molecule has 2 aromatic rings. The Bertz CT molecular complexity index is 888. The van der Waals surface area contributed by atoms with Crippen LogP contribution in [0, 0.1) is 17.7 Å². The first-order valence-corrected chi connectivity index (χ1v) is 11.1. The van der Waals surface area contributed by atoms with Gasteiger partial charge in [-0.1, -0.05) is 69.1 Å². The quantitative estimate of drug-likeness (QED) is 0.770. The van der Waals surface area contributed by atoms with E-state index in [1.54, 1.807) is 37.3 Å². The summed E-state index contributed by atoms with van der Waals surface area (Å²) in [6.07, 6.45) is 4.35. The predicted molar refractivity (Wildman–Crippen MR) is 117 cm³/mol. The molecular weight excluding hydrogens is 397 g/mol. The Morgan fingerprint density at radius 3 is 2.42 bits per heavy atom. The summed E-state index contributed by atoms with van der Waals surface area (Å²) in [4.78, 5) is 26.8. The van der Waals surface area contributed by atoms with Gasteiger partial charge in [0.25, 0.3) is 5.91 Å². The third-order valence-corrected chi connectivity index (χ3v) is 5.67. The van der Waals surface area contributed by atoms with Crippen LogP contribution in [-0.2, 0) is 4.79 Å². The van der Waals surface area contributed by atoms with E-state index in [9.17, 15) is 14.0 Å². The number of hydrogen-bond acceptors (Lipinski definition) is 4. The Hall–Kier alpha value is -2.70. The fraction of sp³-hybridized carbons (Fsp3) is 0.542. The standard InChI is InChI=1S/C20H22FN3O3.C4H10/c1-12-19(25)22-15(13-7-5-6-8-13)11-24(12)20(26)17-16(21)18(27-23-17)14-9-3-2-4-10-14;1-4(2)3/h2-4,9-10,12-13,15H,5-8,11H2,1H3,(H,22,25);4H,1-3H3. The lowest BCUT2D eigenvalue weighted by atomic mass is 9.94. The van der Waals surface area contributed by atoms with Crippen molar-refractivity contribution in [1.29, 1.82) is 0 Å². The van der Waals surface area contributed by atoms with E-state index in [2.05, 4.69) is 31.2 Å². The van der Waals surface area contributed by atoms with Crippen LogP contribution in [0.25, 0.3) is 11.3 Å². The van der Waals surface area contributed by atoms with Crippen LogP contribution in [0.4, 0.5) is 4.39 Å². The van der Waals surface area contributed by atoms with Crippen molar-refractivity contribution in [2.24, 2.45) is 11.8 Å². The number of benzene rings is 1. The van der Waals surface area contributed by atoms with Gasteiger partial charge >= 0.3 is 0 Å². The van der Waals surface area contributed by atoms with E-state index in [4.69, 9.17) is 4.52 Å². The molecule has 1 saturated heterocycles. The summed E-state index contributed by atoms with van der Waals surface area (Å²) in [6.45, 7) is 8.51. The van der Waals surface area contributed by atoms with Crippen molar-refractivity contribution >= 4 is 11.8 Å². The first-order valence-electron chi connectivity index (χ1n) is 11.1. The number of halogens is 1. The Labute approximate surface area is 183 Å². The van der Waals surface area contributed by atoms with Gasteiger partial charge in [0.1, 0.15) is 6.04 Å². The second kappa shape index (κ2) is 10.1. The van der Waals surface area contributed by atoms with Crippen LogP contribution in [-0.4, -0.2) is 40.5 Å². The minimum atomic E-state index is -0.790. The van der Waals surface area contributed by atoms with E-state index in [0.29, 0.717) is 18.0 Å². The molecule has 2 atom stereocenters. The molecule has 2 fully saturated rings. The van der Waals surface area contributed by atoms with Crippen LogP contribution < -0.4 is 5.32 Å². The number of amides is 2. The van der Waals surface area contributed by atoms with E-state index in [0.717, 1.165) is 31.6 Å². The van der Waals surface area contributed by atoms with Crippen LogP contribution in [0.5, 0.6) is 0 Å². The maximum atomic E-state index is 14.8. The Balaban J connectivity index is 0.000000628. The third-order valence-electron chi connectivity index (χ3n) is 5.67. The van der Waals surface area contributed by atoms with Gasteiger partial charge in [-0.3, -0.25) is 9.59 Å². The molecule has 1 saturated carbocycles. The molecule has 2 heterocycles. The highest BCUT2D eigenvalue weighted by Gasteiger charge is 2.40. The highest BCUT2D eigenvalue weighted by atomic mass is 19.1. The summed E-state index contributed by atoms with van der Waals surface area (Å²) in [7, 11) is 0. The summed E-state index contributed by atoms with van der Waals surface area (Å²) < 4.78 is 20.0. The second-order valence-electron chi connectivity index (χ2n) is 9.07. The minimum absolute atomic E-state index is 0.0691. The number of carbonyl (C=O) groups excluding carboxylic acids is 2. The number of aromatic nitrogens is 1. The van der Waals surface area contributed by atoms with Crippen molar-refractivity contribution in [1.82, 2.24) is 15.4 Å². The Morgan fingerprint density at radius 1 is 1.19 bits per heavy atom. The average molecular weight is 430 g/mol. The molecule has 31 heavy (non-hydrogen) atoms. The van der Waals surface area contributed by atoms with E-state index in [1.807, 2.05) is 0 Å². The van der Waals surface area contributed by atoms with E-state index in [-0.39, 0.29) is 23.4 Å². The van der Waals surface area contributed by atoms with Gasteiger partial charge in [0.15, 0.2) is 0 Å². The zero-order valence-corrected chi connectivity index (χ0v) is 18.7. The fourth-order valence-corrected chi connectivity index (χ4v) is 4.06. The molecule has 1 aromatic heterocycles. The van der Waals surface area contributed by atoms with Crippen LogP contribution in [0.3, 0.4) is 0 Å². The largest absolute Gasteiger partial charge is 0.352 e. The van der Waals surface area contributed by atoms with Crippen LogP contribution >= 0.6 is 0 Å². The third kappa shape index (κ3) is 5.32. The summed E-state index contributed by atoms with van der Waals surface area (Å²) in [5.74, 6) is -0.483. The maximum Gasteiger partial charge on any atom is 0.279 e. The molecule has 2 amide bonds. The van der Waals surface area contributed by atoms with Gasteiger partial charge in [0, 0.05) is 18.2 Å². The number of carbonyl (C=O) groups is 2. The lowest BCUT2D eigenvalue weighted by Gasteiger charge is -2.39. The van der Waals surface area contributed by atoms with Crippen molar-refractivity contribution in [2.75, 3.05) is 6.54 Å². The highest BCUT2D eigenvalue weighted by Crippen LogP contribution is 2.31. The van der Waals surface area contributed by atoms with E-state index >= 15 is 0 Å². The zero-order valence-electron chi connectivity index (χ0n) is 18.7. The second-order valence-corrected chi connectivity index (χ2v) is 9.07. The lowest BCUT2D eigenvalue weighted by molar-refractivity contribution is -0.129. The first-order chi connectivity index (χ1) is 14.8. The number of hydrogen-bond donors (Lipinski definition) is 1. The predicted octanol–water partition coefficient (Wildman–Crippen LogP) is 4.66. The summed E-state index contributed by atoms with van der Waals surface area (Å²) >= 11 is 0. The highest BCUT2D eigenvalue weighted by molar-refractivity contribution is 5.97. The van der Waals surface area contributed by atoms with Crippen molar-refractivity contribution in [2.45, 2.75) is 65.5 Å². The fourth-order valence-electron chi connectivity index (χ4n) is 4.06. The first kappa shape index (κ1) is 23.0. The van der Waals surface area contributed by atoms with Gasteiger partial charge in [-0.05, 0) is 31.6 Å². The van der Waals surface area contributed by atoms with Gasteiger partial charge in [-0.25, -0.2) is 0 Å². The van der Waals surface area contributed by atoms with Crippen molar-refractivity contribution in [3.8, 4) is 11.3 Å². The topological polar surface area (TPSA) is 75.4 Å². The molecule has 6 nitrogen and oxygen atoms in total. The Kier molecular flexibility index (Phi) is 7.46. The van der Waals surface area contributed by atoms with E-state index in [1.165, 1.54) is 4.90 Å². The molecule has 1 aliphatic carbocycles. The summed E-state index contributed by atoms with van der Waals surface area (Å²) in [5.41, 5.74) is 0.135. The van der Waals surface area contributed by atoms with Crippen LogP contribution in [0.1, 0.15) is 63.9 Å². The molecule has 4 rings (SSSR count). The molecule has 7 heteroatoms. The molecule has 0 radical (unpaired) electrons. The van der Waals surface area contributed by atoms with E-state index < -0.39 is 17.8 Å².